The largest absolute Gasteiger partial charge is 0.486 e. The molecule has 3 heterocycles. The molecule has 8 heteroatoms. The maximum absolute atomic E-state index is 13.4. The highest BCUT2D eigenvalue weighted by atomic mass is 32.2. The van der Waals surface area contributed by atoms with E-state index in [1.165, 1.54) is 7.11 Å². The average molecular weight is 431 g/mol. The summed E-state index contributed by atoms with van der Waals surface area (Å²) >= 11 is 1.76. The first-order chi connectivity index (χ1) is 14.5. The van der Waals surface area contributed by atoms with E-state index in [0.717, 1.165) is 34.3 Å². The van der Waals surface area contributed by atoms with Crippen LogP contribution in [0.5, 0.6) is 11.5 Å². The van der Waals surface area contributed by atoms with Crippen LogP contribution in [0.2, 0.25) is 0 Å². The maximum Gasteiger partial charge on any atom is 0.307 e. The van der Waals surface area contributed by atoms with Crippen LogP contribution in [0.15, 0.2) is 24.3 Å². The first-order valence-corrected chi connectivity index (χ1v) is 11.2. The Labute approximate surface area is 180 Å². The van der Waals surface area contributed by atoms with Gasteiger partial charge < -0.3 is 23.7 Å². The number of carbonyl (C=O) groups is 2. The summed E-state index contributed by atoms with van der Waals surface area (Å²) in [6, 6.07) is 7.59. The fourth-order valence-electron chi connectivity index (χ4n) is 4.07. The predicted octanol–water partition coefficient (Wildman–Crippen LogP) is 2.99. The summed E-state index contributed by atoms with van der Waals surface area (Å²) in [5.41, 5.74) is 3.41. The summed E-state index contributed by atoms with van der Waals surface area (Å²) in [6.45, 7) is 5.63. The zero-order chi connectivity index (χ0) is 21.3. The molecule has 7 nitrogen and oxygen atoms in total. The number of rotatable bonds is 4. The van der Waals surface area contributed by atoms with Crippen molar-refractivity contribution in [1.82, 2.24) is 9.47 Å². The number of carbonyl (C=O) groups excluding carboxylic acids is 2. The molecule has 1 atom stereocenters. The van der Waals surface area contributed by atoms with Crippen LogP contribution < -0.4 is 9.47 Å². The Morgan fingerprint density at radius 2 is 1.93 bits per heavy atom. The Morgan fingerprint density at radius 1 is 1.17 bits per heavy atom. The van der Waals surface area contributed by atoms with Crippen LogP contribution in [0.1, 0.15) is 28.2 Å². The first-order valence-electron chi connectivity index (χ1n) is 10.0. The number of nitrogens with zero attached hydrogens (tertiary/aromatic N) is 2. The highest BCUT2D eigenvalue weighted by Gasteiger charge is 2.31. The molecule has 0 unspecified atom stereocenters. The average Bonchev–Trinajstić information content (AvgIpc) is 3.07. The Hall–Kier alpha value is -2.61. The second kappa shape index (κ2) is 8.63. The Morgan fingerprint density at radius 3 is 2.70 bits per heavy atom. The van der Waals surface area contributed by atoms with Crippen LogP contribution in [-0.4, -0.2) is 65.8 Å². The number of hydrogen-bond acceptors (Lipinski definition) is 6. The van der Waals surface area contributed by atoms with Crippen LogP contribution in [0.25, 0.3) is 5.69 Å². The summed E-state index contributed by atoms with van der Waals surface area (Å²) < 4.78 is 18.2. The van der Waals surface area contributed by atoms with E-state index in [-0.39, 0.29) is 24.3 Å². The van der Waals surface area contributed by atoms with Gasteiger partial charge in [-0.3, -0.25) is 9.59 Å². The lowest BCUT2D eigenvalue weighted by molar-refractivity contribution is -0.141. The molecule has 1 saturated heterocycles. The second-order valence-electron chi connectivity index (χ2n) is 7.46. The molecule has 0 radical (unpaired) electrons. The summed E-state index contributed by atoms with van der Waals surface area (Å²) in [4.78, 5) is 27.1. The third-order valence-electron chi connectivity index (χ3n) is 5.56. The van der Waals surface area contributed by atoms with Crippen molar-refractivity contribution in [2.45, 2.75) is 26.3 Å². The molecule has 2 aliphatic rings. The highest BCUT2D eigenvalue weighted by Crippen LogP contribution is 2.34. The molecule has 0 aliphatic carbocycles. The van der Waals surface area contributed by atoms with E-state index < -0.39 is 0 Å². The van der Waals surface area contributed by atoms with Crippen molar-refractivity contribution in [2.75, 3.05) is 38.4 Å². The maximum atomic E-state index is 13.4. The fraction of sp³-hybridized carbons (Fsp3) is 0.455. The smallest absolute Gasteiger partial charge is 0.307 e. The predicted molar refractivity (Wildman–Crippen MR) is 115 cm³/mol. The molecule has 0 bridgehead atoms. The molecule has 2 aliphatic heterocycles. The monoisotopic (exact) mass is 430 g/mol. The van der Waals surface area contributed by atoms with Gasteiger partial charge in [0.05, 0.1) is 25.1 Å². The van der Waals surface area contributed by atoms with E-state index in [0.29, 0.717) is 31.1 Å². The number of hydrogen-bond donors (Lipinski definition) is 0. The van der Waals surface area contributed by atoms with Gasteiger partial charge in [-0.25, -0.2) is 0 Å². The minimum Gasteiger partial charge on any atom is -0.486 e. The minimum atomic E-state index is -0.290. The van der Waals surface area contributed by atoms with Gasteiger partial charge in [0, 0.05) is 41.2 Å². The molecule has 1 fully saturated rings. The molecule has 1 aromatic carbocycles. The van der Waals surface area contributed by atoms with Gasteiger partial charge in [-0.15, -0.1) is 0 Å². The number of aryl methyl sites for hydroxylation is 1. The standard InChI is InChI=1S/C22H26N2O5S/c1-14-10-18(22(26)23-6-9-30-13-17(23)12-21(25)27-3)15(2)24(14)16-4-5-19-20(11-16)29-8-7-28-19/h4-5,10-11,17H,6-9,12-13H2,1-3H3/t17-/m0/s1. The lowest BCUT2D eigenvalue weighted by Gasteiger charge is -2.35. The van der Waals surface area contributed by atoms with Crippen LogP contribution in [0.4, 0.5) is 0 Å². The quantitative estimate of drug-likeness (QED) is 0.695. The summed E-state index contributed by atoms with van der Waals surface area (Å²) in [5.74, 6) is 2.72. The van der Waals surface area contributed by atoms with Gasteiger partial charge in [-0.1, -0.05) is 0 Å². The van der Waals surface area contributed by atoms with Crippen LogP contribution in [-0.2, 0) is 9.53 Å². The van der Waals surface area contributed by atoms with Crippen LogP contribution in [0, 0.1) is 13.8 Å². The number of methoxy groups -OCH3 is 1. The van der Waals surface area contributed by atoms with Crippen molar-refractivity contribution in [2.24, 2.45) is 0 Å². The highest BCUT2D eigenvalue weighted by molar-refractivity contribution is 7.99. The van der Waals surface area contributed by atoms with E-state index in [9.17, 15) is 9.59 Å². The summed E-state index contributed by atoms with van der Waals surface area (Å²) in [5, 5.41) is 0. The number of ether oxygens (including phenoxy) is 3. The Balaban J connectivity index is 1.64. The van der Waals surface area contributed by atoms with Gasteiger partial charge in [-0.2, -0.15) is 11.8 Å². The third-order valence-corrected chi connectivity index (χ3v) is 6.66. The molecule has 2 aromatic rings. The third kappa shape index (κ3) is 3.88. The first kappa shape index (κ1) is 20.7. The molecule has 1 amide bonds. The number of fused-ring (bicyclic) bond motifs is 1. The van der Waals surface area contributed by atoms with E-state index in [1.807, 2.05) is 43.0 Å². The van der Waals surface area contributed by atoms with Crippen molar-refractivity contribution >= 4 is 23.6 Å². The van der Waals surface area contributed by atoms with E-state index >= 15 is 0 Å². The Bertz CT molecular complexity index is 971. The zero-order valence-corrected chi connectivity index (χ0v) is 18.3. The molecule has 0 spiro atoms. The summed E-state index contributed by atoms with van der Waals surface area (Å²) in [7, 11) is 1.38. The lowest BCUT2D eigenvalue weighted by Crippen LogP contribution is -2.47. The number of esters is 1. The number of benzene rings is 1. The molecular weight excluding hydrogens is 404 g/mol. The molecule has 1 aromatic heterocycles. The normalized spacial score (nSPS) is 18.2. The van der Waals surface area contributed by atoms with Crippen LogP contribution in [0.3, 0.4) is 0 Å². The molecule has 30 heavy (non-hydrogen) atoms. The minimum absolute atomic E-state index is 0.0407. The molecule has 0 N–H and O–H groups in total. The molecule has 0 saturated carbocycles. The van der Waals surface area contributed by atoms with E-state index in [4.69, 9.17) is 14.2 Å². The van der Waals surface area contributed by atoms with Crippen molar-refractivity contribution in [3.8, 4) is 17.2 Å². The van der Waals surface area contributed by atoms with Crippen molar-refractivity contribution in [3.05, 3.63) is 41.2 Å². The topological polar surface area (TPSA) is 70.0 Å². The lowest BCUT2D eigenvalue weighted by atomic mass is 10.1. The molecule has 160 valence electrons. The van der Waals surface area contributed by atoms with Gasteiger partial charge in [-0.05, 0) is 32.0 Å². The van der Waals surface area contributed by atoms with E-state index in [1.54, 1.807) is 11.8 Å². The van der Waals surface area contributed by atoms with Crippen molar-refractivity contribution in [1.29, 1.82) is 0 Å². The van der Waals surface area contributed by atoms with Crippen molar-refractivity contribution < 1.29 is 23.8 Å². The van der Waals surface area contributed by atoms with Crippen LogP contribution >= 0.6 is 11.8 Å². The number of thioether (sulfide) groups is 1. The van der Waals surface area contributed by atoms with Gasteiger partial charge in [0.25, 0.3) is 5.91 Å². The van der Waals surface area contributed by atoms with Gasteiger partial charge in [0.2, 0.25) is 0 Å². The zero-order valence-electron chi connectivity index (χ0n) is 17.5. The van der Waals surface area contributed by atoms with Gasteiger partial charge >= 0.3 is 5.97 Å². The number of amides is 1. The SMILES string of the molecule is COC(=O)C[C@H]1CSCCN1C(=O)c1cc(C)n(-c2ccc3c(c2)OCCO3)c1C. The number of aromatic nitrogens is 1. The summed E-state index contributed by atoms with van der Waals surface area (Å²) in [6.07, 6.45) is 0.218. The molecule has 4 rings (SSSR count). The fourth-order valence-corrected chi connectivity index (χ4v) is 5.13. The van der Waals surface area contributed by atoms with Gasteiger partial charge in [0.1, 0.15) is 13.2 Å². The van der Waals surface area contributed by atoms with Gasteiger partial charge in [0.15, 0.2) is 11.5 Å². The Kier molecular flexibility index (Phi) is 5.94. The van der Waals surface area contributed by atoms with Crippen molar-refractivity contribution in [3.63, 3.8) is 0 Å². The van der Waals surface area contributed by atoms with E-state index in [2.05, 4.69) is 4.57 Å². The second-order valence-corrected chi connectivity index (χ2v) is 8.61. The molecular formula is C22H26N2O5S.